The number of nitrogens with one attached hydrogen (secondary N) is 3. The zero-order valence-corrected chi connectivity index (χ0v) is 16.7. The predicted octanol–water partition coefficient (Wildman–Crippen LogP) is 3.57. The van der Waals surface area contributed by atoms with Crippen LogP contribution in [0.1, 0.15) is 32.7 Å². The molecule has 0 fully saturated rings. The first-order chi connectivity index (χ1) is 14.7. The molecule has 1 unspecified atom stereocenters. The second-order valence-electron chi connectivity index (χ2n) is 6.57. The van der Waals surface area contributed by atoms with Crippen molar-refractivity contribution in [2.45, 2.75) is 12.5 Å². The van der Waals surface area contributed by atoms with E-state index in [1.807, 2.05) is 48.5 Å². The van der Waals surface area contributed by atoms with Gasteiger partial charge in [0.05, 0.1) is 11.2 Å². The fourth-order valence-electron chi connectivity index (χ4n) is 2.95. The van der Waals surface area contributed by atoms with E-state index in [1.165, 1.54) is 17.5 Å². The zero-order chi connectivity index (χ0) is 20.8. The fraction of sp³-hybridized carbons (Fsp3) is 0.0909. The van der Waals surface area contributed by atoms with E-state index in [0.717, 1.165) is 10.6 Å². The van der Waals surface area contributed by atoms with Crippen LogP contribution in [0.2, 0.25) is 0 Å². The lowest BCUT2D eigenvalue weighted by Crippen LogP contribution is -2.37. The van der Waals surface area contributed by atoms with Gasteiger partial charge in [0, 0.05) is 17.9 Å². The quantitative estimate of drug-likeness (QED) is 0.428. The molecule has 2 amide bonds. The van der Waals surface area contributed by atoms with Crippen molar-refractivity contribution in [3.05, 3.63) is 100 Å². The Morgan fingerprint density at radius 1 is 1.00 bits per heavy atom. The average molecular weight is 417 g/mol. The van der Waals surface area contributed by atoms with Crippen molar-refractivity contribution in [1.82, 2.24) is 20.5 Å². The summed E-state index contributed by atoms with van der Waals surface area (Å²) in [5, 5.41) is 14.6. The molecular formula is C22H19N5O2S. The maximum Gasteiger partial charge on any atom is 0.271 e. The Balaban J connectivity index is 1.50. The lowest BCUT2D eigenvalue weighted by molar-refractivity contribution is -0.118. The van der Waals surface area contributed by atoms with Crippen LogP contribution in [0.15, 0.2) is 78.3 Å². The highest BCUT2D eigenvalue weighted by Gasteiger charge is 2.24. The van der Waals surface area contributed by atoms with E-state index in [4.69, 9.17) is 0 Å². The second-order valence-corrected chi connectivity index (χ2v) is 7.51. The first-order valence-corrected chi connectivity index (χ1v) is 10.2. The topological polar surface area (TPSA) is 99.8 Å². The second kappa shape index (κ2) is 9.15. The Morgan fingerprint density at radius 3 is 2.43 bits per heavy atom. The summed E-state index contributed by atoms with van der Waals surface area (Å²) in [7, 11) is 0. The summed E-state index contributed by atoms with van der Waals surface area (Å²) in [6.45, 7) is 0. The van der Waals surface area contributed by atoms with Crippen molar-refractivity contribution in [3.63, 3.8) is 0 Å². The number of hydrogen-bond acceptors (Lipinski definition) is 5. The molecule has 4 aromatic rings. The summed E-state index contributed by atoms with van der Waals surface area (Å²) in [5.74, 6) is -0.327. The van der Waals surface area contributed by atoms with E-state index in [0.29, 0.717) is 23.5 Å². The molecule has 0 aliphatic heterocycles. The molecule has 0 saturated carbocycles. The molecule has 0 radical (unpaired) electrons. The van der Waals surface area contributed by atoms with Crippen molar-refractivity contribution >= 4 is 29.0 Å². The number of amides is 2. The lowest BCUT2D eigenvalue weighted by Gasteiger charge is -2.18. The van der Waals surface area contributed by atoms with Gasteiger partial charge < -0.3 is 10.6 Å². The van der Waals surface area contributed by atoms with Gasteiger partial charge in [0.25, 0.3) is 11.8 Å². The summed E-state index contributed by atoms with van der Waals surface area (Å²) < 4.78 is 0. The standard InChI is InChI=1S/C22H19N5O2S/c28-21(17-14-30-19(24-17)13-15-7-3-1-4-8-15)26-20(16-9-5-2-6-10-16)22(29)25-18-11-12-23-27-18/h1-12,14,20H,13H2,(H,26,28)(H2,23,25,27,29). The van der Waals surface area contributed by atoms with Crippen LogP contribution in [0.4, 0.5) is 5.82 Å². The zero-order valence-electron chi connectivity index (χ0n) is 15.9. The van der Waals surface area contributed by atoms with Crippen molar-refractivity contribution < 1.29 is 9.59 Å². The van der Waals surface area contributed by atoms with E-state index in [9.17, 15) is 9.59 Å². The van der Waals surface area contributed by atoms with E-state index in [1.54, 1.807) is 23.6 Å². The molecule has 30 heavy (non-hydrogen) atoms. The van der Waals surface area contributed by atoms with Crippen LogP contribution in [0.3, 0.4) is 0 Å². The third kappa shape index (κ3) is 4.79. The average Bonchev–Trinajstić information content (AvgIpc) is 3.45. The van der Waals surface area contributed by atoms with E-state index in [-0.39, 0.29) is 5.91 Å². The van der Waals surface area contributed by atoms with Crippen molar-refractivity contribution in [1.29, 1.82) is 0 Å². The van der Waals surface area contributed by atoms with Gasteiger partial charge in [0.2, 0.25) is 0 Å². The third-order valence-corrected chi connectivity index (χ3v) is 5.26. The number of rotatable bonds is 7. The van der Waals surface area contributed by atoms with E-state index in [2.05, 4.69) is 25.8 Å². The Kier molecular flexibility index (Phi) is 5.95. The van der Waals surface area contributed by atoms with Gasteiger partial charge in [-0.25, -0.2) is 4.98 Å². The summed E-state index contributed by atoms with van der Waals surface area (Å²) in [5.41, 5.74) is 2.09. The van der Waals surface area contributed by atoms with Crippen molar-refractivity contribution in [3.8, 4) is 0 Å². The first kappa shape index (κ1) is 19.5. The smallest absolute Gasteiger partial charge is 0.271 e. The highest BCUT2D eigenvalue weighted by molar-refractivity contribution is 7.09. The van der Waals surface area contributed by atoms with Gasteiger partial charge in [-0.3, -0.25) is 14.7 Å². The van der Waals surface area contributed by atoms with Crippen LogP contribution in [0.5, 0.6) is 0 Å². The molecular weight excluding hydrogens is 398 g/mol. The summed E-state index contributed by atoms with van der Waals surface area (Å²) in [6.07, 6.45) is 2.19. The highest BCUT2D eigenvalue weighted by atomic mass is 32.1. The number of carbonyl (C=O) groups excluding carboxylic acids is 2. The van der Waals surface area contributed by atoms with Gasteiger partial charge in [-0.2, -0.15) is 5.10 Å². The molecule has 0 aliphatic carbocycles. The Hall–Kier alpha value is -3.78. The molecule has 8 heteroatoms. The van der Waals surface area contributed by atoms with Gasteiger partial charge in [0.1, 0.15) is 17.6 Å². The fourth-order valence-corrected chi connectivity index (χ4v) is 3.76. The minimum atomic E-state index is -0.874. The highest BCUT2D eigenvalue weighted by Crippen LogP contribution is 2.18. The molecule has 1 atom stereocenters. The number of benzene rings is 2. The minimum absolute atomic E-state index is 0.293. The summed E-state index contributed by atoms with van der Waals surface area (Å²) in [4.78, 5) is 30.1. The molecule has 2 heterocycles. The third-order valence-electron chi connectivity index (χ3n) is 4.41. The summed E-state index contributed by atoms with van der Waals surface area (Å²) in [6, 6.07) is 19.8. The molecule has 0 spiro atoms. The van der Waals surface area contributed by atoms with E-state index >= 15 is 0 Å². The van der Waals surface area contributed by atoms with Crippen LogP contribution in [-0.4, -0.2) is 27.0 Å². The number of nitrogens with zero attached hydrogens (tertiary/aromatic N) is 2. The Labute approximate surface area is 177 Å². The van der Waals surface area contributed by atoms with Crippen molar-refractivity contribution in [2.75, 3.05) is 5.32 Å². The van der Waals surface area contributed by atoms with Gasteiger partial charge in [-0.1, -0.05) is 60.7 Å². The predicted molar refractivity (Wildman–Crippen MR) is 115 cm³/mol. The number of thiazole rings is 1. The Morgan fingerprint density at radius 2 is 1.73 bits per heavy atom. The largest absolute Gasteiger partial charge is 0.335 e. The van der Waals surface area contributed by atoms with Gasteiger partial charge in [0.15, 0.2) is 0 Å². The number of carbonyl (C=O) groups is 2. The van der Waals surface area contributed by atoms with Gasteiger partial charge in [-0.05, 0) is 11.1 Å². The monoisotopic (exact) mass is 417 g/mol. The number of aromatic amines is 1. The van der Waals surface area contributed by atoms with Crippen LogP contribution in [0, 0.1) is 0 Å². The van der Waals surface area contributed by atoms with Crippen LogP contribution in [0.25, 0.3) is 0 Å². The molecule has 0 aliphatic rings. The molecule has 7 nitrogen and oxygen atoms in total. The maximum atomic E-state index is 12.8. The number of H-pyrrole nitrogens is 1. The molecule has 4 rings (SSSR count). The molecule has 0 saturated heterocycles. The SMILES string of the molecule is O=C(NC(C(=O)Nc1ccn[nH]1)c1ccccc1)c1csc(Cc2ccccc2)n1. The lowest BCUT2D eigenvalue weighted by atomic mass is 10.1. The number of hydrogen-bond donors (Lipinski definition) is 3. The van der Waals surface area contributed by atoms with Gasteiger partial charge >= 0.3 is 0 Å². The maximum absolute atomic E-state index is 12.8. The van der Waals surface area contributed by atoms with Crippen LogP contribution in [-0.2, 0) is 11.2 Å². The number of anilines is 1. The molecule has 0 bridgehead atoms. The van der Waals surface area contributed by atoms with Crippen molar-refractivity contribution in [2.24, 2.45) is 0 Å². The Bertz CT molecular complexity index is 1110. The number of aromatic nitrogens is 3. The van der Waals surface area contributed by atoms with Crippen LogP contribution >= 0.6 is 11.3 Å². The minimum Gasteiger partial charge on any atom is -0.335 e. The molecule has 2 aromatic heterocycles. The van der Waals surface area contributed by atoms with Crippen LogP contribution < -0.4 is 10.6 Å². The van der Waals surface area contributed by atoms with Gasteiger partial charge in [-0.15, -0.1) is 11.3 Å². The first-order valence-electron chi connectivity index (χ1n) is 9.33. The molecule has 150 valence electrons. The van der Waals surface area contributed by atoms with E-state index < -0.39 is 11.9 Å². The molecule has 3 N–H and O–H groups in total. The summed E-state index contributed by atoms with van der Waals surface area (Å²) >= 11 is 1.42. The normalized spacial score (nSPS) is 11.6. The molecule has 2 aromatic carbocycles.